The predicted octanol–water partition coefficient (Wildman–Crippen LogP) is 17.1. The van der Waals surface area contributed by atoms with Gasteiger partial charge in [0.1, 0.15) is 29.3 Å². The fourth-order valence-electron chi connectivity index (χ4n) is 13.7. The van der Waals surface area contributed by atoms with Gasteiger partial charge in [0.15, 0.2) is 80.5 Å². The molecule has 0 spiro atoms. The highest BCUT2D eigenvalue weighted by atomic mass is 16.6. The average molecular weight is 1820 g/mol. The van der Waals surface area contributed by atoms with E-state index in [1.807, 2.05) is 33.8 Å². The average Bonchev–Trinajstić information content (AvgIpc) is 0.718. The minimum atomic E-state index is -1.11. The van der Waals surface area contributed by atoms with Crippen LogP contribution in [0.2, 0.25) is 0 Å². The Bertz CT molecular complexity index is 6090. The first-order chi connectivity index (χ1) is 62.3. The van der Waals surface area contributed by atoms with E-state index in [0.29, 0.717) is 136 Å². The standard InChI is InChI=1S/C17H18O6.C16H18O5.C15H18O6.C15H16O5.C14H14O5.C10H12O4.C10H12O3.H2/c1-9-12-6-11(17(19)22-5)7-14(23-10(2)18)13(12)8-15(20-3)16(9)21-4;1-9-11-6-10(16(17)21-5)7-13(18-2)12(11)8-14(19-3)15(9)20-4;1-9-10(5-6-12(19-2)14(9)20-3)7-11(8-13(16)17)15(18)21-4;1-8-10-5-9(15(16)17)6-12(18-2)11(10)7-13(19-3)14(8)20-4;1-7-9-4-8(14(16)17)5-11(15)10(9)6-12(18-2)13(7)19-3;1-6-7(10(11)12)4-5-8(13-2)9(6)14-3;1-7-8(6-11)4-5-9(12-2)10(7)13-3;/h6-8H,1-5H3;6-8H,1-5H3;5-7H,8H2,1-4H3,(H,16,17);5-7H,1-4H3,(H,16,17);4-6,15H,1-3H3,(H,16,17);4-5H,1-3H3,(H,11,12);4-6H,1-3H3;1H/b;;11-7+;;;;;/i;;;;;;;1+1. The number of hydrogen-bond acceptors (Lipinski definition) is 30. The summed E-state index contributed by atoms with van der Waals surface area (Å²) in [4.78, 5) is 101. The molecule has 34 nitrogen and oxygen atoms in total. The first kappa shape index (κ1) is 106. The lowest BCUT2D eigenvalue weighted by Crippen LogP contribution is -2.09. The van der Waals surface area contributed by atoms with Gasteiger partial charge in [0.25, 0.3) is 0 Å². The van der Waals surface area contributed by atoms with Crippen LogP contribution >= 0.6 is 0 Å². The maximum atomic E-state index is 11.9. The Morgan fingerprint density at radius 3 is 0.916 bits per heavy atom. The third kappa shape index (κ3) is 25.1. The van der Waals surface area contributed by atoms with Crippen molar-refractivity contribution in [2.75, 3.05) is 135 Å². The molecule has 11 rings (SSSR count). The van der Waals surface area contributed by atoms with Crippen LogP contribution < -0.4 is 80.5 Å². The molecule has 0 aromatic heterocycles. The van der Waals surface area contributed by atoms with E-state index in [0.717, 1.165) is 61.2 Å². The number of phenolic OH excluding ortho intramolecular Hbond substituents is 1. The summed E-state index contributed by atoms with van der Waals surface area (Å²) in [5.41, 5.74) is 7.75. The van der Waals surface area contributed by atoms with Crippen molar-refractivity contribution in [3.05, 3.63) is 193 Å². The van der Waals surface area contributed by atoms with Crippen LogP contribution in [0.15, 0.2) is 115 Å². The maximum Gasteiger partial charge on any atom is 0.338 e. The molecule has 34 heteroatoms. The Hall–Kier alpha value is -15.8. The zero-order chi connectivity index (χ0) is 98.3. The number of aryl methyl sites for hydroxylation is 4. The minimum Gasteiger partial charge on any atom is -0.507 e. The van der Waals surface area contributed by atoms with Crippen molar-refractivity contribution in [2.45, 2.75) is 61.8 Å². The van der Waals surface area contributed by atoms with Gasteiger partial charge in [-0.15, -0.1) is 0 Å². The van der Waals surface area contributed by atoms with Gasteiger partial charge in [0.05, 0.1) is 169 Å². The van der Waals surface area contributed by atoms with Crippen molar-refractivity contribution in [3.63, 3.8) is 0 Å². The third-order valence-corrected chi connectivity index (χ3v) is 20.2. The summed E-state index contributed by atoms with van der Waals surface area (Å²) in [6.45, 7) is 14.0. The number of carbonyl (C=O) groups is 9. The number of benzene rings is 11. The number of rotatable bonds is 27. The molecule has 0 radical (unpaired) electrons. The number of carboxylic acid groups (broad SMARTS) is 4. The first-order valence-corrected chi connectivity index (χ1v) is 39.0. The molecule has 131 heavy (non-hydrogen) atoms. The highest BCUT2D eigenvalue weighted by Gasteiger charge is 2.25. The summed E-state index contributed by atoms with van der Waals surface area (Å²) in [6, 6.07) is 29.3. The van der Waals surface area contributed by atoms with Gasteiger partial charge in [-0.05, 0) is 185 Å². The molecule has 0 aliphatic rings. The molecule has 11 aromatic carbocycles. The molecule has 0 saturated carbocycles. The van der Waals surface area contributed by atoms with Crippen molar-refractivity contribution in [3.8, 4) is 103 Å². The van der Waals surface area contributed by atoms with E-state index in [1.54, 1.807) is 143 Å². The minimum absolute atomic E-state index is 0. The fourth-order valence-corrected chi connectivity index (χ4v) is 13.7. The van der Waals surface area contributed by atoms with E-state index in [4.69, 9.17) is 105 Å². The molecule has 0 unspecified atom stereocenters. The zero-order valence-electron chi connectivity index (χ0n) is 77.8. The van der Waals surface area contributed by atoms with Crippen LogP contribution in [0.4, 0.5) is 0 Å². The SMILES string of the molecule is COC(=O)/C(=C/c1ccc(OC)c(OC)c1C)CC(=O)O.COC(=O)c1cc(OC(C)=O)c2cc(OC)c(OC)c(C)c2c1.COC(=O)c1cc(OC)c2cc(OC)c(OC)c(C)c2c1.COc1cc2c(O)cc(C(=O)O)cc2c(C)c1OC.COc1cc2c(OC)cc(C(=O)O)cc2c(C)c1OC.COc1ccc(C(=O)O)c(C)c1OC.COc1ccc(C=O)c(C)c1OC.[2HH]. The largest absolute Gasteiger partial charge is 0.507 e. The second-order valence-corrected chi connectivity index (χ2v) is 27.5. The smallest absolute Gasteiger partial charge is 0.338 e. The number of carboxylic acids is 4. The van der Waals surface area contributed by atoms with Gasteiger partial charge in [0.2, 0.25) is 0 Å². The van der Waals surface area contributed by atoms with E-state index in [9.17, 15) is 53.4 Å². The molecule has 0 amide bonds. The number of esters is 4. The van der Waals surface area contributed by atoms with Crippen LogP contribution in [0.25, 0.3) is 49.2 Å². The van der Waals surface area contributed by atoms with E-state index >= 15 is 0 Å². The Morgan fingerprint density at radius 2 is 0.595 bits per heavy atom. The summed E-state index contributed by atoms with van der Waals surface area (Å²) in [5.74, 6) is 2.83. The molecule has 0 saturated heterocycles. The molecular weight excluding hydrogens is 1710 g/mol. The number of methoxy groups -OCH3 is 19. The van der Waals surface area contributed by atoms with Gasteiger partial charge in [-0.3, -0.25) is 14.4 Å². The second kappa shape index (κ2) is 49.4. The molecule has 11 aromatic rings. The summed E-state index contributed by atoms with van der Waals surface area (Å²) >= 11 is 0. The van der Waals surface area contributed by atoms with Gasteiger partial charge < -0.3 is 120 Å². The predicted molar refractivity (Wildman–Crippen MR) is 489 cm³/mol. The highest BCUT2D eigenvalue weighted by molar-refractivity contribution is 6.05. The van der Waals surface area contributed by atoms with Gasteiger partial charge in [0, 0.05) is 80.0 Å². The summed E-state index contributed by atoms with van der Waals surface area (Å²) in [5, 5.41) is 51.6. The molecule has 0 fully saturated rings. The normalized spacial score (nSPS) is 10.3. The molecular formula is C97H110O34. The van der Waals surface area contributed by atoms with Crippen molar-refractivity contribution in [2.24, 2.45) is 0 Å². The van der Waals surface area contributed by atoms with Gasteiger partial charge in [-0.2, -0.15) is 0 Å². The van der Waals surface area contributed by atoms with Crippen molar-refractivity contribution >= 4 is 103 Å². The molecule has 5 N–H and O–H groups in total. The van der Waals surface area contributed by atoms with Gasteiger partial charge in [-0.25, -0.2) is 28.8 Å². The maximum absolute atomic E-state index is 11.9. The number of fused-ring (bicyclic) bond motifs is 4. The lowest BCUT2D eigenvalue weighted by Gasteiger charge is -2.16. The Balaban J connectivity index is 0.000000324. The number of aldehydes is 1. The van der Waals surface area contributed by atoms with Crippen LogP contribution in [-0.4, -0.2) is 215 Å². The van der Waals surface area contributed by atoms with Gasteiger partial charge >= 0.3 is 47.8 Å². The monoisotopic (exact) mass is 1820 g/mol. The molecule has 0 aliphatic heterocycles. The van der Waals surface area contributed by atoms with Crippen molar-refractivity contribution in [1.29, 1.82) is 0 Å². The number of carbonyl (C=O) groups excluding carboxylic acids is 5. The lowest BCUT2D eigenvalue weighted by molar-refractivity contribution is -0.141. The van der Waals surface area contributed by atoms with Crippen LogP contribution in [0.5, 0.6) is 103 Å². The van der Waals surface area contributed by atoms with Crippen molar-refractivity contribution < 1.29 is 165 Å². The first-order valence-electron chi connectivity index (χ1n) is 39.0. The molecule has 0 aliphatic carbocycles. The van der Waals surface area contributed by atoms with E-state index in [1.165, 1.54) is 129 Å². The van der Waals surface area contributed by atoms with Crippen LogP contribution in [-0.2, 0) is 28.6 Å². The number of hydrogen-bond donors (Lipinski definition) is 5. The number of ether oxygens (including phenoxy) is 20. The Morgan fingerprint density at radius 1 is 0.298 bits per heavy atom. The Labute approximate surface area is 757 Å². The quantitative estimate of drug-likeness (QED) is 0.0105. The van der Waals surface area contributed by atoms with Gasteiger partial charge in [-0.1, -0.05) is 6.07 Å². The molecule has 0 heterocycles. The number of aliphatic carboxylic acids is 1. The Kier molecular flexibility index (Phi) is 39.9. The van der Waals surface area contributed by atoms with E-state index in [-0.39, 0.29) is 40.8 Å². The lowest BCUT2D eigenvalue weighted by atomic mass is 10.00. The van der Waals surface area contributed by atoms with Crippen molar-refractivity contribution in [1.82, 2.24) is 0 Å². The summed E-state index contributed by atoms with van der Waals surface area (Å²) in [6.07, 6.45) is 1.87. The third-order valence-electron chi connectivity index (χ3n) is 20.2. The topological polar surface area (TPSA) is 439 Å². The second-order valence-electron chi connectivity index (χ2n) is 27.5. The van der Waals surface area contributed by atoms with E-state index < -0.39 is 54.2 Å². The molecule has 0 bridgehead atoms. The fraction of sp³-hybridized carbons (Fsp3) is 0.289. The van der Waals surface area contributed by atoms with Crippen LogP contribution in [0.1, 0.15) is 121 Å². The molecule has 702 valence electrons. The van der Waals surface area contributed by atoms with E-state index in [2.05, 4.69) is 4.74 Å². The highest BCUT2D eigenvalue weighted by Crippen LogP contribution is 2.46. The summed E-state index contributed by atoms with van der Waals surface area (Å²) in [7, 11) is 28.4. The zero-order valence-corrected chi connectivity index (χ0v) is 77.8. The number of phenols is 1. The summed E-state index contributed by atoms with van der Waals surface area (Å²) < 4.78 is 103. The van der Waals surface area contributed by atoms with Crippen LogP contribution in [0.3, 0.4) is 0 Å². The molecule has 0 atom stereocenters. The number of aromatic hydroxyl groups is 1. The van der Waals surface area contributed by atoms with Crippen LogP contribution in [0, 0.1) is 48.5 Å². The number of aromatic carboxylic acids is 3.